The quantitative estimate of drug-likeness (QED) is 0.586. The zero-order valence-electron chi connectivity index (χ0n) is 8.99. The second-order valence-corrected chi connectivity index (χ2v) is 3.51. The molecule has 0 N–H and O–H groups in total. The van der Waals surface area contributed by atoms with Crippen LogP contribution >= 0.6 is 0 Å². The van der Waals surface area contributed by atoms with Gasteiger partial charge < -0.3 is 9.09 Å². The molecule has 0 unspecified atom stereocenters. The maximum Gasteiger partial charge on any atom is 0.334 e. The Bertz CT molecular complexity index is 614. The number of pyridine rings is 1. The Labute approximate surface area is 95.4 Å². The fourth-order valence-electron chi connectivity index (χ4n) is 1.45. The molecule has 0 aliphatic rings. The van der Waals surface area contributed by atoms with Crippen molar-refractivity contribution in [1.29, 1.82) is 0 Å². The molecule has 17 heavy (non-hydrogen) atoms. The van der Waals surface area contributed by atoms with Crippen LogP contribution in [-0.4, -0.2) is 14.6 Å². The van der Waals surface area contributed by atoms with E-state index in [0.717, 1.165) is 0 Å². The molecule has 2 heterocycles. The highest BCUT2D eigenvalue weighted by Gasteiger charge is 2.14. The number of aromatic nitrogens is 2. The largest absolute Gasteiger partial charge is 0.361 e. The average Bonchev–Trinajstić information content (AvgIpc) is 2.67. The highest BCUT2D eigenvalue weighted by molar-refractivity contribution is 5.25. The second kappa shape index (κ2) is 4.20. The Morgan fingerprint density at radius 1 is 1.59 bits per heavy atom. The molecular weight excluding hydrogens is 226 g/mol. The summed E-state index contributed by atoms with van der Waals surface area (Å²) in [5.41, 5.74) is -0.559. The van der Waals surface area contributed by atoms with Gasteiger partial charge >= 0.3 is 11.2 Å². The van der Waals surface area contributed by atoms with Gasteiger partial charge in [-0.3, -0.25) is 14.9 Å². The van der Waals surface area contributed by atoms with Gasteiger partial charge in [0, 0.05) is 18.3 Å². The van der Waals surface area contributed by atoms with Crippen molar-refractivity contribution in [1.82, 2.24) is 9.72 Å². The molecule has 7 nitrogen and oxygen atoms in total. The van der Waals surface area contributed by atoms with E-state index >= 15 is 0 Å². The molecule has 0 spiro atoms. The lowest BCUT2D eigenvalue weighted by Crippen LogP contribution is -2.22. The van der Waals surface area contributed by atoms with Crippen LogP contribution in [-0.2, 0) is 6.54 Å². The molecule has 2 aromatic rings. The van der Waals surface area contributed by atoms with Gasteiger partial charge in [0.2, 0.25) is 0 Å². The van der Waals surface area contributed by atoms with Crippen molar-refractivity contribution in [3.8, 4) is 0 Å². The molecule has 2 rings (SSSR count). The molecule has 0 radical (unpaired) electrons. The summed E-state index contributed by atoms with van der Waals surface area (Å²) in [6.45, 7) is 1.88. The van der Waals surface area contributed by atoms with Crippen molar-refractivity contribution in [3.63, 3.8) is 0 Å². The van der Waals surface area contributed by atoms with Crippen molar-refractivity contribution < 1.29 is 9.45 Å². The molecule has 0 saturated carbocycles. The zero-order valence-corrected chi connectivity index (χ0v) is 8.99. The van der Waals surface area contributed by atoms with E-state index in [0.29, 0.717) is 11.5 Å². The molecule has 2 aromatic heterocycles. The lowest BCUT2D eigenvalue weighted by atomic mass is 10.3. The molecule has 0 bridgehead atoms. The van der Waals surface area contributed by atoms with Gasteiger partial charge in [0.15, 0.2) is 0 Å². The number of aryl methyl sites for hydroxylation is 1. The van der Waals surface area contributed by atoms with Crippen molar-refractivity contribution in [2.75, 3.05) is 0 Å². The summed E-state index contributed by atoms with van der Waals surface area (Å²) in [5.74, 6) is 0.624. The van der Waals surface area contributed by atoms with Gasteiger partial charge in [-0.05, 0) is 13.0 Å². The van der Waals surface area contributed by atoms with Gasteiger partial charge in [0.25, 0.3) is 0 Å². The topological polar surface area (TPSA) is 91.2 Å². The summed E-state index contributed by atoms with van der Waals surface area (Å²) in [7, 11) is 0. The van der Waals surface area contributed by atoms with Crippen LogP contribution in [0.25, 0.3) is 0 Å². The Morgan fingerprint density at radius 3 is 2.94 bits per heavy atom. The van der Waals surface area contributed by atoms with E-state index in [9.17, 15) is 14.9 Å². The average molecular weight is 235 g/mol. The maximum absolute atomic E-state index is 11.7. The lowest BCUT2D eigenvalue weighted by molar-refractivity contribution is -0.386. The molecular formula is C10H9N3O4. The summed E-state index contributed by atoms with van der Waals surface area (Å²) >= 11 is 0. The number of hydrogen-bond donors (Lipinski definition) is 0. The number of nitrogens with zero attached hydrogens (tertiary/aromatic N) is 3. The minimum atomic E-state index is -0.702. The number of rotatable bonds is 3. The number of nitro groups is 1. The van der Waals surface area contributed by atoms with Gasteiger partial charge in [0.1, 0.15) is 11.5 Å². The SMILES string of the molecule is Cc1cc(Cn2cccc([N+](=O)[O-])c2=O)no1. The molecule has 7 heteroatoms. The van der Waals surface area contributed by atoms with Gasteiger partial charge in [-0.15, -0.1) is 0 Å². The van der Waals surface area contributed by atoms with Gasteiger partial charge in [-0.1, -0.05) is 5.16 Å². The molecule has 0 atom stereocenters. The first-order valence-electron chi connectivity index (χ1n) is 4.84. The fraction of sp³-hybridized carbons (Fsp3) is 0.200. The molecule has 0 aliphatic carbocycles. The van der Waals surface area contributed by atoms with Gasteiger partial charge in [-0.25, -0.2) is 0 Å². The van der Waals surface area contributed by atoms with Gasteiger partial charge in [0.05, 0.1) is 11.5 Å². The maximum atomic E-state index is 11.7. The normalized spacial score (nSPS) is 10.4. The molecule has 0 fully saturated rings. The highest BCUT2D eigenvalue weighted by Crippen LogP contribution is 2.05. The summed E-state index contributed by atoms with van der Waals surface area (Å²) in [6, 6.07) is 4.30. The van der Waals surface area contributed by atoms with Crippen molar-refractivity contribution in [3.05, 3.63) is 56.3 Å². The Balaban J connectivity index is 2.37. The Morgan fingerprint density at radius 2 is 2.35 bits per heavy atom. The number of hydrogen-bond acceptors (Lipinski definition) is 5. The summed E-state index contributed by atoms with van der Waals surface area (Å²) < 4.78 is 6.07. The smallest absolute Gasteiger partial charge is 0.334 e. The Kier molecular flexibility index (Phi) is 2.73. The van der Waals surface area contributed by atoms with E-state index in [1.54, 1.807) is 13.0 Å². The minimum absolute atomic E-state index is 0.151. The van der Waals surface area contributed by atoms with Crippen LogP contribution in [0.3, 0.4) is 0 Å². The minimum Gasteiger partial charge on any atom is -0.361 e. The molecule has 0 saturated heterocycles. The predicted molar refractivity (Wildman–Crippen MR) is 57.7 cm³/mol. The summed E-state index contributed by atoms with van der Waals surface area (Å²) in [5, 5.41) is 14.3. The first kappa shape index (κ1) is 11.1. The van der Waals surface area contributed by atoms with Gasteiger partial charge in [-0.2, -0.15) is 0 Å². The Hall–Kier alpha value is -2.44. The lowest BCUT2D eigenvalue weighted by Gasteiger charge is -2.01. The van der Waals surface area contributed by atoms with Crippen LogP contribution in [0.15, 0.2) is 33.7 Å². The van der Waals surface area contributed by atoms with Crippen molar-refractivity contribution >= 4 is 5.69 Å². The van der Waals surface area contributed by atoms with E-state index in [1.807, 2.05) is 0 Å². The van der Waals surface area contributed by atoms with E-state index in [2.05, 4.69) is 5.16 Å². The third-order valence-corrected chi connectivity index (χ3v) is 2.21. The van der Waals surface area contributed by atoms with Crippen LogP contribution in [0.4, 0.5) is 5.69 Å². The van der Waals surface area contributed by atoms with E-state index < -0.39 is 16.2 Å². The molecule has 0 aliphatic heterocycles. The van der Waals surface area contributed by atoms with E-state index in [-0.39, 0.29) is 6.54 Å². The standard InChI is InChI=1S/C10H9N3O4/c1-7-5-8(11-17-7)6-12-4-2-3-9(10(12)14)13(15)16/h2-5H,6H2,1H3. The second-order valence-electron chi connectivity index (χ2n) is 3.51. The molecule has 0 aromatic carbocycles. The van der Waals surface area contributed by atoms with Crippen molar-refractivity contribution in [2.24, 2.45) is 0 Å². The van der Waals surface area contributed by atoms with Crippen molar-refractivity contribution in [2.45, 2.75) is 13.5 Å². The van der Waals surface area contributed by atoms with Crippen LogP contribution in [0.2, 0.25) is 0 Å². The van der Waals surface area contributed by atoms with E-state index in [1.165, 1.54) is 22.9 Å². The van der Waals surface area contributed by atoms with E-state index in [4.69, 9.17) is 4.52 Å². The summed E-state index contributed by atoms with van der Waals surface area (Å²) in [4.78, 5) is 21.6. The van der Waals surface area contributed by atoms with Crippen LogP contribution < -0.4 is 5.56 Å². The predicted octanol–water partition coefficient (Wildman–Crippen LogP) is 1.10. The van der Waals surface area contributed by atoms with Crippen LogP contribution in [0, 0.1) is 17.0 Å². The molecule has 88 valence electrons. The monoisotopic (exact) mass is 235 g/mol. The fourth-order valence-corrected chi connectivity index (χ4v) is 1.45. The zero-order chi connectivity index (χ0) is 12.4. The van der Waals surface area contributed by atoms with Crippen LogP contribution in [0.1, 0.15) is 11.5 Å². The summed E-state index contributed by atoms with van der Waals surface area (Å²) in [6.07, 6.45) is 1.47. The first-order valence-corrected chi connectivity index (χ1v) is 4.84. The highest BCUT2D eigenvalue weighted by atomic mass is 16.6. The third kappa shape index (κ3) is 2.22. The third-order valence-electron chi connectivity index (χ3n) is 2.21. The van der Waals surface area contributed by atoms with Crippen LogP contribution in [0.5, 0.6) is 0 Å². The first-order chi connectivity index (χ1) is 8.08. The molecule has 0 amide bonds.